The lowest BCUT2D eigenvalue weighted by Gasteiger charge is -2.17. The van der Waals surface area contributed by atoms with Crippen LogP contribution >= 0.6 is 0 Å². The normalized spacial score (nSPS) is 17.7. The number of hydrogen-bond acceptors (Lipinski definition) is 4. The summed E-state index contributed by atoms with van der Waals surface area (Å²) in [6.07, 6.45) is -2.22. The van der Waals surface area contributed by atoms with E-state index in [-0.39, 0.29) is 10.9 Å². The number of alkyl halides is 3. The molecule has 2 aromatic carbocycles. The minimum atomic E-state index is -4.60. The van der Waals surface area contributed by atoms with Crippen molar-refractivity contribution < 1.29 is 21.6 Å². The molecule has 1 aromatic heterocycles. The van der Waals surface area contributed by atoms with Gasteiger partial charge in [-0.3, -0.25) is 4.90 Å². The number of hydrogen-bond donors (Lipinski definition) is 1. The standard InChI is InChI=1S/C22H23F3N4O2S/c1-16-17(13-26-29(16)20-7-3-2-4-8-20)14-28-11-10-19(15-28)27-32(30,31)21-9-5-6-18(12-21)22(23,24)25/h2-9,12-13,19,27H,10-11,14-15H2,1H3/t19-/m1/s1. The van der Waals surface area contributed by atoms with Crippen molar-refractivity contribution in [2.75, 3.05) is 13.1 Å². The molecule has 1 atom stereocenters. The maximum atomic E-state index is 12.9. The molecule has 10 heteroatoms. The van der Waals surface area contributed by atoms with Gasteiger partial charge in [-0.25, -0.2) is 17.8 Å². The SMILES string of the molecule is Cc1c(CN2CC[C@@H](NS(=O)(=O)c3cccc(C(F)(F)F)c3)C2)cnn1-c1ccccc1. The fourth-order valence-electron chi connectivity index (χ4n) is 3.87. The molecule has 0 saturated carbocycles. The largest absolute Gasteiger partial charge is 0.416 e. The highest BCUT2D eigenvalue weighted by molar-refractivity contribution is 7.89. The van der Waals surface area contributed by atoms with Gasteiger partial charge in [0.25, 0.3) is 0 Å². The molecule has 170 valence electrons. The Hall–Kier alpha value is -2.69. The van der Waals surface area contributed by atoms with E-state index in [2.05, 4.69) is 14.7 Å². The zero-order valence-electron chi connectivity index (χ0n) is 17.4. The minimum absolute atomic E-state index is 0.376. The van der Waals surface area contributed by atoms with E-state index >= 15 is 0 Å². The molecule has 1 N–H and O–H groups in total. The van der Waals surface area contributed by atoms with Crippen molar-refractivity contribution in [1.82, 2.24) is 19.4 Å². The molecule has 0 amide bonds. The van der Waals surface area contributed by atoms with Crippen LogP contribution in [0.3, 0.4) is 0 Å². The van der Waals surface area contributed by atoms with Crippen LogP contribution in [0, 0.1) is 6.92 Å². The highest BCUT2D eigenvalue weighted by atomic mass is 32.2. The van der Waals surface area contributed by atoms with Crippen molar-refractivity contribution in [2.24, 2.45) is 0 Å². The van der Waals surface area contributed by atoms with Gasteiger partial charge in [-0.1, -0.05) is 24.3 Å². The molecule has 6 nitrogen and oxygen atoms in total. The molecular formula is C22H23F3N4O2S. The molecule has 4 rings (SSSR count). The van der Waals surface area contributed by atoms with Crippen LogP contribution in [0.15, 0.2) is 65.7 Å². The maximum absolute atomic E-state index is 12.9. The summed E-state index contributed by atoms with van der Waals surface area (Å²) in [5, 5.41) is 4.46. The second-order valence-electron chi connectivity index (χ2n) is 7.87. The first kappa shape index (κ1) is 22.5. The molecule has 1 aliphatic rings. The highest BCUT2D eigenvalue weighted by Gasteiger charge is 2.33. The summed E-state index contributed by atoms with van der Waals surface area (Å²) in [6.45, 7) is 3.74. The monoisotopic (exact) mass is 464 g/mol. The predicted molar refractivity (Wildman–Crippen MR) is 114 cm³/mol. The molecule has 0 radical (unpaired) electrons. The van der Waals surface area contributed by atoms with Crippen LogP contribution in [-0.2, 0) is 22.7 Å². The number of halogens is 3. The molecule has 3 aromatic rings. The van der Waals surface area contributed by atoms with Gasteiger partial charge in [-0.05, 0) is 43.7 Å². The van der Waals surface area contributed by atoms with Crippen molar-refractivity contribution in [3.63, 3.8) is 0 Å². The summed E-state index contributed by atoms with van der Waals surface area (Å²) >= 11 is 0. The lowest BCUT2D eigenvalue weighted by atomic mass is 10.2. The Morgan fingerprint density at radius 3 is 2.59 bits per heavy atom. The third-order valence-corrected chi connectivity index (χ3v) is 7.09. The van der Waals surface area contributed by atoms with E-state index in [1.165, 1.54) is 6.07 Å². The number of nitrogens with zero attached hydrogens (tertiary/aromatic N) is 3. The number of sulfonamides is 1. The number of para-hydroxylation sites is 1. The van der Waals surface area contributed by atoms with Crippen LogP contribution in [0.2, 0.25) is 0 Å². The van der Waals surface area contributed by atoms with Gasteiger partial charge in [-0.2, -0.15) is 18.3 Å². The second-order valence-corrected chi connectivity index (χ2v) is 9.58. The minimum Gasteiger partial charge on any atom is -0.297 e. The average Bonchev–Trinajstić information content (AvgIpc) is 3.34. The lowest BCUT2D eigenvalue weighted by molar-refractivity contribution is -0.137. The first-order valence-corrected chi connectivity index (χ1v) is 11.6. The third kappa shape index (κ3) is 4.87. The summed E-state index contributed by atoms with van der Waals surface area (Å²) in [6, 6.07) is 13.2. The summed E-state index contributed by atoms with van der Waals surface area (Å²) < 4.78 is 68.5. The van der Waals surface area contributed by atoms with Gasteiger partial charge in [0.05, 0.1) is 22.3 Å². The van der Waals surface area contributed by atoms with Gasteiger partial charge in [0.2, 0.25) is 10.0 Å². The molecule has 1 aliphatic heterocycles. The van der Waals surface area contributed by atoms with E-state index in [1.807, 2.05) is 48.1 Å². The summed E-state index contributed by atoms with van der Waals surface area (Å²) in [7, 11) is -4.06. The zero-order chi connectivity index (χ0) is 22.9. The van der Waals surface area contributed by atoms with Crippen molar-refractivity contribution in [1.29, 1.82) is 0 Å². The Bertz CT molecular complexity index is 1190. The lowest BCUT2D eigenvalue weighted by Crippen LogP contribution is -2.37. The Labute approximate surface area is 184 Å². The van der Waals surface area contributed by atoms with Gasteiger partial charge in [0, 0.05) is 36.9 Å². The smallest absolute Gasteiger partial charge is 0.297 e. The van der Waals surface area contributed by atoms with E-state index in [1.54, 1.807) is 0 Å². The average molecular weight is 465 g/mol. The van der Waals surface area contributed by atoms with E-state index < -0.39 is 21.8 Å². The Balaban J connectivity index is 1.41. The van der Waals surface area contributed by atoms with Crippen LogP contribution in [0.25, 0.3) is 5.69 Å². The van der Waals surface area contributed by atoms with Crippen molar-refractivity contribution in [2.45, 2.75) is 37.0 Å². The van der Waals surface area contributed by atoms with Gasteiger partial charge in [-0.15, -0.1) is 0 Å². The first-order valence-electron chi connectivity index (χ1n) is 10.1. The van der Waals surface area contributed by atoms with E-state index in [0.717, 1.165) is 29.1 Å². The van der Waals surface area contributed by atoms with Crippen molar-refractivity contribution in [3.8, 4) is 5.69 Å². The second kappa shape index (κ2) is 8.68. The van der Waals surface area contributed by atoms with E-state index in [4.69, 9.17) is 0 Å². The topological polar surface area (TPSA) is 67.2 Å². The third-order valence-electron chi connectivity index (χ3n) is 5.57. The molecule has 32 heavy (non-hydrogen) atoms. The number of aromatic nitrogens is 2. The Morgan fingerprint density at radius 1 is 1.12 bits per heavy atom. The van der Waals surface area contributed by atoms with Gasteiger partial charge in [0.1, 0.15) is 0 Å². The van der Waals surface area contributed by atoms with E-state index in [9.17, 15) is 21.6 Å². The summed E-state index contributed by atoms with van der Waals surface area (Å²) in [5.41, 5.74) is 2.02. The molecule has 1 fully saturated rings. The number of benzene rings is 2. The van der Waals surface area contributed by atoms with Gasteiger partial charge >= 0.3 is 6.18 Å². The molecule has 1 saturated heterocycles. The fourth-order valence-corrected chi connectivity index (χ4v) is 5.18. The summed E-state index contributed by atoms with van der Waals surface area (Å²) in [4.78, 5) is 1.73. The van der Waals surface area contributed by atoms with Crippen molar-refractivity contribution >= 4 is 10.0 Å². The Kier molecular flexibility index (Phi) is 6.11. The fraction of sp³-hybridized carbons (Fsp3) is 0.318. The van der Waals surface area contributed by atoms with Crippen molar-refractivity contribution in [3.05, 3.63) is 77.6 Å². The van der Waals surface area contributed by atoms with Crippen LogP contribution in [0.4, 0.5) is 13.2 Å². The number of rotatable bonds is 6. The number of likely N-dealkylation sites (tertiary alicyclic amines) is 1. The molecule has 0 spiro atoms. The van der Waals surface area contributed by atoms with E-state index in [0.29, 0.717) is 32.1 Å². The Morgan fingerprint density at radius 2 is 1.88 bits per heavy atom. The predicted octanol–water partition coefficient (Wildman–Crippen LogP) is 3.75. The molecule has 0 unspecified atom stereocenters. The summed E-state index contributed by atoms with van der Waals surface area (Å²) in [5.74, 6) is 0. The molecule has 0 aliphatic carbocycles. The molecular weight excluding hydrogens is 441 g/mol. The van der Waals surface area contributed by atoms with Gasteiger partial charge < -0.3 is 0 Å². The highest BCUT2D eigenvalue weighted by Crippen LogP contribution is 2.30. The zero-order valence-corrected chi connectivity index (χ0v) is 18.2. The quantitative estimate of drug-likeness (QED) is 0.604. The maximum Gasteiger partial charge on any atom is 0.416 e. The van der Waals surface area contributed by atoms with Crippen LogP contribution in [-0.4, -0.2) is 42.2 Å². The first-order chi connectivity index (χ1) is 15.1. The van der Waals surface area contributed by atoms with Crippen LogP contribution in [0.5, 0.6) is 0 Å². The number of nitrogens with one attached hydrogen (secondary N) is 1. The van der Waals surface area contributed by atoms with Crippen LogP contribution < -0.4 is 4.72 Å². The molecule has 0 bridgehead atoms. The molecule has 2 heterocycles. The van der Waals surface area contributed by atoms with Crippen LogP contribution in [0.1, 0.15) is 23.2 Å². The van der Waals surface area contributed by atoms with Gasteiger partial charge in [0.15, 0.2) is 0 Å².